The molecule has 8 heterocycles. The Morgan fingerprint density at radius 3 is 1.67 bits per heavy atom. The lowest BCUT2D eigenvalue weighted by Gasteiger charge is -2.34. The van der Waals surface area contributed by atoms with Crippen LogP contribution in [0.5, 0.6) is 11.5 Å². The largest absolute Gasteiger partial charge is 0.458 e. The van der Waals surface area contributed by atoms with Crippen LogP contribution in [0.3, 0.4) is 0 Å². The van der Waals surface area contributed by atoms with E-state index < -0.39 is 0 Å². The fraction of sp³-hybridized carbons (Fsp3) is 0. The van der Waals surface area contributed by atoms with Crippen molar-refractivity contribution in [1.29, 1.82) is 0 Å². The summed E-state index contributed by atoms with van der Waals surface area (Å²) in [6, 6.07) is 85.2. The molecule has 0 saturated carbocycles. The first-order chi connectivity index (χ1) is 38.7. The molecule has 7 nitrogen and oxygen atoms in total. The Labute approximate surface area is 452 Å². The number of imidazole rings is 2. The van der Waals surface area contributed by atoms with Crippen LogP contribution in [0.25, 0.3) is 99.8 Å². The van der Waals surface area contributed by atoms with Gasteiger partial charge in [-0.2, -0.15) is 0 Å². The number of hydrogen-bond donors (Lipinski definition) is 0. The van der Waals surface area contributed by atoms with E-state index in [2.05, 4.69) is 260 Å². The summed E-state index contributed by atoms with van der Waals surface area (Å²) in [5.74, 6) is 2.66. The Bertz CT molecular complexity index is 4980. The van der Waals surface area contributed by atoms with Gasteiger partial charge in [0.25, 0.3) is 6.71 Å². The number of benzene rings is 11. The van der Waals surface area contributed by atoms with Gasteiger partial charge in [-0.15, -0.1) is 0 Å². The first-order valence-electron chi connectivity index (χ1n) is 26.6. The van der Waals surface area contributed by atoms with Crippen molar-refractivity contribution >= 4 is 124 Å². The first kappa shape index (κ1) is 42.5. The van der Waals surface area contributed by atoms with Crippen molar-refractivity contribution in [3.63, 3.8) is 0 Å². The van der Waals surface area contributed by atoms with E-state index in [0.717, 1.165) is 78.5 Å². The summed E-state index contributed by atoms with van der Waals surface area (Å²) in [6.07, 6.45) is 1.96. The SMILES string of the molecule is c1ccc(-c2nc3cccc4c3n2-c2cc(-n3c5ccccc5c5ccccc53)cc3c2B4c2ccc(-n4c5ccccc5c5ccccc54)cc2O3)cc1.c1ccc2c(c1)Sc1cccc3c1B2c1cccc2ncn-3c12. The smallest absolute Gasteiger partial charge is 0.256 e. The molecule has 360 valence electrons. The molecule has 15 aromatic rings. The van der Waals surface area contributed by atoms with E-state index in [4.69, 9.17) is 9.72 Å². The summed E-state index contributed by atoms with van der Waals surface area (Å²) < 4.78 is 16.6. The Hall–Kier alpha value is -9.76. The zero-order chi connectivity index (χ0) is 50.7. The second kappa shape index (κ2) is 15.9. The highest BCUT2D eigenvalue weighted by atomic mass is 32.2. The van der Waals surface area contributed by atoms with Crippen molar-refractivity contribution in [2.24, 2.45) is 0 Å². The van der Waals surface area contributed by atoms with E-state index in [1.807, 2.05) is 18.1 Å². The minimum Gasteiger partial charge on any atom is -0.458 e. The highest BCUT2D eigenvalue weighted by Gasteiger charge is 2.42. The van der Waals surface area contributed by atoms with Gasteiger partial charge in [0.1, 0.15) is 23.7 Å². The maximum Gasteiger partial charge on any atom is 0.256 e. The number of rotatable bonds is 3. The second-order valence-electron chi connectivity index (χ2n) is 20.8. The van der Waals surface area contributed by atoms with Gasteiger partial charge in [0.15, 0.2) is 0 Å². The Balaban J connectivity index is 0.000000171. The van der Waals surface area contributed by atoms with Gasteiger partial charge >= 0.3 is 0 Å². The third-order valence-corrected chi connectivity index (χ3v) is 18.0. The molecule has 78 heavy (non-hydrogen) atoms. The zero-order valence-electron chi connectivity index (χ0n) is 41.7. The predicted molar refractivity (Wildman–Crippen MR) is 323 cm³/mol. The molecule has 10 heteroatoms. The molecule has 4 aromatic heterocycles. The molecule has 4 aliphatic heterocycles. The number of hydrogen-bond acceptors (Lipinski definition) is 4. The number of aromatic nitrogens is 6. The van der Waals surface area contributed by atoms with E-state index in [0.29, 0.717) is 6.71 Å². The fourth-order valence-electron chi connectivity index (χ4n) is 13.7. The summed E-state index contributed by atoms with van der Waals surface area (Å²) >= 11 is 1.88. The van der Waals surface area contributed by atoms with Crippen LogP contribution in [0.15, 0.2) is 253 Å². The minimum absolute atomic E-state index is 0.0373. The van der Waals surface area contributed by atoms with Crippen LogP contribution in [0.4, 0.5) is 0 Å². The molecule has 0 N–H and O–H groups in total. The highest BCUT2D eigenvalue weighted by molar-refractivity contribution is 8.00. The maximum atomic E-state index is 7.22. The average molecular weight is 1010 g/mol. The lowest BCUT2D eigenvalue weighted by atomic mass is 9.34. The van der Waals surface area contributed by atoms with Gasteiger partial charge in [0.2, 0.25) is 6.71 Å². The normalized spacial score (nSPS) is 13.1. The van der Waals surface area contributed by atoms with Crippen molar-refractivity contribution in [2.45, 2.75) is 9.79 Å². The average Bonchev–Trinajstić information content (AvgIpc) is 4.07. The molecule has 0 bridgehead atoms. The topological polar surface area (TPSA) is 54.7 Å². The third-order valence-electron chi connectivity index (χ3n) is 16.8. The van der Waals surface area contributed by atoms with Gasteiger partial charge < -0.3 is 13.9 Å². The number of ether oxygens (including phenoxy) is 1. The van der Waals surface area contributed by atoms with E-state index >= 15 is 0 Å². The standard InChI is InChI=1S/C49H29BN4O.C19H11BN2S/c1-2-13-30(14-3-1)49-51-39-20-12-19-38-48(39)54(49)44-27-32(53-42-23-10-6-17-35(42)36-18-7-11-24-43(36)53)29-46-47(44)50(38)37-26-25-31(28-45(37)55-46)52-40-21-8-4-15-33(40)34-16-5-9-22-41(34)52;1-2-9-16-12(5-1)20-13-6-3-7-14-19(13)22(11-21-14)15-8-4-10-17(23-16)18(15)20/h1-29H;1-11H. The summed E-state index contributed by atoms with van der Waals surface area (Å²) in [5.41, 5.74) is 22.5. The van der Waals surface area contributed by atoms with Gasteiger partial charge in [-0.05, 0) is 94.0 Å². The summed E-state index contributed by atoms with van der Waals surface area (Å²) in [6.45, 7) is 0.274. The number of para-hydroxylation sites is 6. The second-order valence-corrected chi connectivity index (χ2v) is 21.9. The molecule has 0 radical (unpaired) electrons. The van der Waals surface area contributed by atoms with Crippen LogP contribution in [-0.4, -0.2) is 41.7 Å². The van der Waals surface area contributed by atoms with E-state index in [1.54, 1.807) is 0 Å². The molecule has 0 fully saturated rings. The van der Waals surface area contributed by atoms with Crippen LogP contribution in [-0.2, 0) is 0 Å². The molecular formula is C68H40B2N6OS. The summed E-state index contributed by atoms with van der Waals surface area (Å²) in [7, 11) is 0. The van der Waals surface area contributed by atoms with E-state index in [-0.39, 0.29) is 6.71 Å². The fourth-order valence-corrected chi connectivity index (χ4v) is 14.9. The molecule has 0 spiro atoms. The number of fused-ring (bicyclic) bond motifs is 14. The van der Waals surface area contributed by atoms with Crippen LogP contribution < -0.4 is 37.5 Å². The molecule has 0 aliphatic carbocycles. The molecular weight excluding hydrogens is 970 g/mol. The van der Waals surface area contributed by atoms with Crippen LogP contribution in [0.2, 0.25) is 0 Å². The Morgan fingerprint density at radius 2 is 0.949 bits per heavy atom. The molecule has 0 unspecified atom stereocenters. The van der Waals surface area contributed by atoms with Crippen molar-refractivity contribution in [2.75, 3.05) is 0 Å². The van der Waals surface area contributed by atoms with Crippen molar-refractivity contribution < 1.29 is 4.74 Å². The van der Waals surface area contributed by atoms with Gasteiger partial charge in [0.05, 0.1) is 49.8 Å². The van der Waals surface area contributed by atoms with Crippen molar-refractivity contribution in [1.82, 2.24) is 28.2 Å². The third kappa shape index (κ3) is 5.76. The molecule has 4 aliphatic rings. The maximum absolute atomic E-state index is 7.22. The Morgan fingerprint density at radius 1 is 0.385 bits per heavy atom. The van der Waals surface area contributed by atoms with Crippen molar-refractivity contribution in [3.05, 3.63) is 243 Å². The highest BCUT2D eigenvalue weighted by Crippen LogP contribution is 2.41. The van der Waals surface area contributed by atoms with Crippen molar-refractivity contribution in [3.8, 4) is 45.6 Å². The minimum atomic E-state index is -0.0373. The lowest BCUT2D eigenvalue weighted by Crippen LogP contribution is -2.58. The van der Waals surface area contributed by atoms with Gasteiger partial charge in [0, 0.05) is 66.1 Å². The Kier molecular flexibility index (Phi) is 8.65. The molecule has 0 atom stereocenters. The molecule has 0 saturated heterocycles. The molecule has 19 rings (SSSR count). The number of nitrogens with zero attached hydrogens (tertiary/aromatic N) is 6. The predicted octanol–water partition coefficient (Wildman–Crippen LogP) is 12.1. The van der Waals surface area contributed by atoms with E-state index in [1.165, 1.54) is 75.4 Å². The summed E-state index contributed by atoms with van der Waals surface area (Å²) in [5, 5.41) is 4.93. The monoisotopic (exact) mass is 1010 g/mol. The van der Waals surface area contributed by atoms with Crippen LogP contribution in [0, 0.1) is 0 Å². The quantitative estimate of drug-likeness (QED) is 0.166. The summed E-state index contributed by atoms with van der Waals surface area (Å²) in [4.78, 5) is 12.7. The lowest BCUT2D eigenvalue weighted by molar-refractivity contribution is 0.487. The van der Waals surface area contributed by atoms with Gasteiger partial charge in [-0.3, -0.25) is 9.13 Å². The molecule has 11 aromatic carbocycles. The van der Waals surface area contributed by atoms with Gasteiger partial charge in [-0.25, -0.2) is 9.97 Å². The molecule has 0 amide bonds. The van der Waals surface area contributed by atoms with Crippen LogP contribution in [0.1, 0.15) is 0 Å². The van der Waals surface area contributed by atoms with Crippen LogP contribution >= 0.6 is 11.8 Å². The van der Waals surface area contributed by atoms with Gasteiger partial charge in [-0.1, -0.05) is 175 Å². The zero-order valence-corrected chi connectivity index (χ0v) is 42.6. The van der Waals surface area contributed by atoms with E-state index in [9.17, 15) is 0 Å². The first-order valence-corrected chi connectivity index (χ1v) is 27.4.